The van der Waals surface area contributed by atoms with Gasteiger partial charge >= 0.3 is 5.69 Å². The van der Waals surface area contributed by atoms with E-state index in [0.29, 0.717) is 0 Å². The van der Waals surface area contributed by atoms with E-state index in [1.165, 1.54) is 18.3 Å². The van der Waals surface area contributed by atoms with Gasteiger partial charge in [0.1, 0.15) is 5.69 Å². The van der Waals surface area contributed by atoms with Crippen molar-refractivity contribution in [2.45, 2.75) is 20.3 Å². The molecule has 0 aliphatic carbocycles. The van der Waals surface area contributed by atoms with Gasteiger partial charge in [0.25, 0.3) is 5.69 Å². The number of non-ortho nitro benzene ring substituents is 1. The lowest BCUT2D eigenvalue weighted by molar-refractivity contribution is -0.393. The standard InChI is InChI=1S/C12H14N4O4/c1-3-9(2)6-7-13-14-11-5-4-10(15(17)18)8-12(11)16(19)20/h4-8,14H,3H2,1-2H3. The fraction of sp³-hybridized carbons (Fsp3) is 0.250. The van der Waals surface area contributed by atoms with Gasteiger partial charge in [-0.3, -0.25) is 25.7 Å². The zero-order valence-corrected chi connectivity index (χ0v) is 11.1. The highest BCUT2D eigenvalue weighted by Gasteiger charge is 2.18. The lowest BCUT2D eigenvalue weighted by Crippen LogP contribution is -1.98. The molecule has 0 unspecified atom stereocenters. The third-order valence-corrected chi connectivity index (χ3v) is 2.57. The zero-order valence-electron chi connectivity index (χ0n) is 11.1. The first-order valence-electron chi connectivity index (χ1n) is 5.83. The molecule has 0 amide bonds. The third kappa shape index (κ3) is 4.16. The molecule has 0 bridgehead atoms. The van der Waals surface area contributed by atoms with Crippen LogP contribution < -0.4 is 5.43 Å². The third-order valence-electron chi connectivity index (χ3n) is 2.57. The van der Waals surface area contributed by atoms with Crippen LogP contribution in [0.4, 0.5) is 17.1 Å². The molecule has 1 rings (SSSR count). The molecular formula is C12H14N4O4. The predicted octanol–water partition coefficient (Wildman–Crippen LogP) is 3.26. The Hall–Kier alpha value is -2.77. The van der Waals surface area contributed by atoms with E-state index in [1.54, 1.807) is 6.08 Å². The van der Waals surface area contributed by atoms with Crippen LogP contribution in [-0.4, -0.2) is 16.1 Å². The highest BCUT2D eigenvalue weighted by molar-refractivity contribution is 5.74. The average Bonchev–Trinajstić information content (AvgIpc) is 2.42. The second kappa shape index (κ2) is 6.98. The number of hydrazone groups is 1. The monoisotopic (exact) mass is 278 g/mol. The summed E-state index contributed by atoms with van der Waals surface area (Å²) < 4.78 is 0. The van der Waals surface area contributed by atoms with Crippen molar-refractivity contribution in [1.29, 1.82) is 0 Å². The van der Waals surface area contributed by atoms with Crippen molar-refractivity contribution in [2.75, 3.05) is 5.43 Å². The first kappa shape index (κ1) is 15.3. The minimum atomic E-state index is -0.696. The molecule has 0 aromatic heterocycles. The average molecular weight is 278 g/mol. The van der Waals surface area contributed by atoms with E-state index in [1.807, 2.05) is 13.8 Å². The number of benzene rings is 1. The molecular weight excluding hydrogens is 264 g/mol. The molecule has 0 fully saturated rings. The number of anilines is 1. The minimum absolute atomic E-state index is 0.0967. The molecule has 0 saturated carbocycles. The van der Waals surface area contributed by atoms with Crippen molar-refractivity contribution in [1.82, 2.24) is 0 Å². The van der Waals surface area contributed by atoms with Crippen LogP contribution in [0.25, 0.3) is 0 Å². The summed E-state index contributed by atoms with van der Waals surface area (Å²) in [4.78, 5) is 20.1. The fourth-order valence-electron chi connectivity index (χ4n) is 1.27. The van der Waals surface area contributed by atoms with Crippen molar-refractivity contribution < 1.29 is 9.85 Å². The van der Waals surface area contributed by atoms with Gasteiger partial charge in [0.15, 0.2) is 0 Å². The van der Waals surface area contributed by atoms with Crippen molar-refractivity contribution in [3.63, 3.8) is 0 Å². The summed E-state index contributed by atoms with van der Waals surface area (Å²) >= 11 is 0. The van der Waals surface area contributed by atoms with Crippen LogP contribution in [0.5, 0.6) is 0 Å². The van der Waals surface area contributed by atoms with Crippen LogP contribution >= 0.6 is 0 Å². The first-order chi connectivity index (χ1) is 9.45. The SMILES string of the molecule is CCC(C)=CC=NNc1ccc([N+](=O)[O-])cc1[N+](=O)[O-]. The van der Waals surface area contributed by atoms with Gasteiger partial charge < -0.3 is 0 Å². The van der Waals surface area contributed by atoms with Gasteiger partial charge in [0, 0.05) is 12.3 Å². The number of allylic oxidation sites excluding steroid dienone is 2. The Morgan fingerprint density at radius 2 is 2.05 bits per heavy atom. The fourth-order valence-corrected chi connectivity index (χ4v) is 1.27. The quantitative estimate of drug-likeness (QED) is 0.487. The lowest BCUT2D eigenvalue weighted by Gasteiger charge is -2.01. The Bertz CT molecular complexity index is 581. The van der Waals surface area contributed by atoms with Gasteiger partial charge in [-0.2, -0.15) is 5.10 Å². The molecule has 0 aliphatic rings. The summed E-state index contributed by atoms with van der Waals surface area (Å²) in [7, 11) is 0. The Balaban J connectivity index is 2.95. The van der Waals surface area contributed by atoms with E-state index in [2.05, 4.69) is 10.5 Å². The topological polar surface area (TPSA) is 111 Å². The maximum absolute atomic E-state index is 10.9. The van der Waals surface area contributed by atoms with Gasteiger partial charge in [-0.05, 0) is 25.5 Å². The van der Waals surface area contributed by atoms with Crippen LogP contribution in [0.1, 0.15) is 20.3 Å². The molecule has 0 radical (unpaired) electrons. The van der Waals surface area contributed by atoms with Crippen molar-refractivity contribution in [2.24, 2.45) is 5.10 Å². The van der Waals surface area contributed by atoms with E-state index in [-0.39, 0.29) is 11.4 Å². The van der Waals surface area contributed by atoms with Crippen molar-refractivity contribution in [3.8, 4) is 0 Å². The number of nitrogens with zero attached hydrogens (tertiary/aromatic N) is 3. The van der Waals surface area contributed by atoms with E-state index < -0.39 is 15.5 Å². The summed E-state index contributed by atoms with van der Waals surface area (Å²) in [5.41, 5.74) is 2.97. The van der Waals surface area contributed by atoms with E-state index in [4.69, 9.17) is 0 Å². The van der Waals surface area contributed by atoms with Crippen LogP contribution in [0, 0.1) is 20.2 Å². The van der Waals surface area contributed by atoms with E-state index >= 15 is 0 Å². The van der Waals surface area contributed by atoms with Gasteiger partial charge in [-0.1, -0.05) is 12.5 Å². The summed E-state index contributed by atoms with van der Waals surface area (Å²) in [5.74, 6) is 0. The summed E-state index contributed by atoms with van der Waals surface area (Å²) in [6.07, 6.45) is 4.12. The summed E-state index contributed by atoms with van der Waals surface area (Å²) in [6.45, 7) is 3.93. The number of hydrogen-bond acceptors (Lipinski definition) is 6. The summed E-state index contributed by atoms with van der Waals surface area (Å²) in [6, 6.07) is 3.33. The molecule has 1 aromatic carbocycles. The molecule has 20 heavy (non-hydrogen) atoms. The van der Waals surface area contributed by atoms with Crippen LogP contribution in [0.15, 0.2) is 34.9 Å². The number of rotatable bonds is 6. The molecule has 0 aliphatic heterocycles. The lowest BCUT2D eigenvalue weighted by atomic mass is 10.2. The summed E-state index contributed by atoms with van der Waals surface area (Å²) in [5, 5.41) is 25.3. The van der Waals surface area contributed by atoms with Gasteiger partial charge in [-0.15, -0.1) is 0 Å². The number of nitro benzene ring substituents is 2. The van der Waals surface area contributed by atoms with Gasteiger partial charge in [0.2, 0.25) is 0 Å². The van der Waals surface area contributed by atoms with Crippen LogP contribution in [0.3, 0.4) is 0 Å². The number of hydrogen-bond donors (Lipinski definition) is 1. The molecule has 0 heterocycles. The number of nitrogens with one attached hydrogen (secondary N) is 1. The Kier molecular flexibility index (Phi) is 5.33. The minimum Gasteiger partial charge on any atom is -0.272 e. The smallest absolute Gasteiger partial charge is 0.272 e. The van der Waals surface area contributed by atoms with Crippen LogP contribution in [0.2, 0.25) is 0 Å². The predicted molar refractivity (Wildman–Crippen MR) is 75.9 cm³/mol. The molecule has 8 nitrogen and oxygen atoms in total. The van der Waals surface area contributed by atoms with Crippen molar-refractivity contribution >= 4 is 23.3 Å². The molecule has 1 N–H and O–H groups in total. The van der Waals surface area contributed by atoms with Gasteiger partial charge in [-0.25, -0.2) is 0 Å². The molecule has 0 spiro atoms. The Labute approximate surface area is 115 Å². The first-order valence-corrected chi connectivity index (χ1v) is 5.83. The van der Waals surface area contributed by atoms with E-state index in [0.717, 1.165) is 18.1 Å². The normalized spacial score (nSPS) is 11.6. The maximum atomic E-state index is 10.9. The second-order valence-corrected chi connectivity index (χ2v) is 3.97. The Morgan fingerprint density at radius 1 is 1.35 bits per heavy atom. The molecule has 1 aromatic rings. The Morgan fingerprint density at radius 3 is 2.60 bits per heavy atom. The van der Waals surface area contributed by atoms with E-state index in [9.17, 15) is 20.2 Å². The molecule has 0 saturated heterocycles. The van der Waals surface area contributed by atoms with Gasteiger partial charge in [0.05, 0.1) is 15.9 Å². The molecule has 8 heteroatoms. The number of nitro groups is 2. The largest absolute Gasteiger partial charge is 0.301 e. The molecule has 0 atom stereocenters. The maximum Gasteiger partial charge on any atom is 0.301 e. The molecule has 106 valence electrons. The van der Waals surface area contributed by atoms with Crippen molar-refractivity contribution in [3.05, 3.63) is 50.1 Å². The highest BCUT2D eigenvalue weighted by atomic mass is 16.6. The second-order valence-electron chi connectivity index (χ2n) is 3.97. The highest BCUT2D eigenvalue weighted by Crippen LogP contribution is 2.28. The van der Waals surface area contributed by atoms with Crippen LogP contribution in [-0.2, 0) is 0 Å². The zero-order chi connectivity index (χ0) is 15.1.